The summed E-state index contributed by atoms with van der Waals surface area (Å²) in [6.07, 6.45) is 8.12. The van der Waals surface area contributed by atoms with Crippen molar-refractivity contribution in [1.82, 2.24) is 14.9 Å². The van der Waals surface area contributed by atoms with Gasteiger partial charge in [-0.1, -0.05) is 70.5 Å². The van der Waals surface area contributed by atoms with Crippen molar-refractivity contribution in [3.05, 3.63) is 108 Å². The SMILES string of the molecule is CCC(C)(CC)COCC(C)(CC)CN(C)CC=CC(=O)Nc1cccc(Nc2cc(Nc3ccc(OCc4cccc(F)c4)c(Cl)c3)ncn2)c1. The molecule has 3 aromatic carbocycles. The summed E-state index contributed by atoms with van der Waals surface area (Å²) in [7, 11) is 2.07. The van der Waals surface area contributed by atoms with Crippen LogP contribution in [0.25, 0.3) is 0 Å². The lowest BCUT2D eigenvalue weighted by atomic mass is 9.85. The monoisotopic (exact) mass is 730 g/mol. The highest BCUT2D eigenvalue weighted by Gasteiger charge is 2.27. The Morgan fingerprint density at radius 2 is 1.52 bits per heavy atom. The predicted molar refractivity (Wildman–Crippen MR) is 210 cm³/mol. The maximum atomic E-state index is 13.5. The molecule has 1 amide bonds. The van der Waals surface area contributed by atoms with Gasteiger partial charge in [0.2, 0.25) is 5.91 Å². The summed E-state index contributed by atoms with van der Waals surface area (Å²) in [5.41, 5.74) is 3.05. The number of nitrogens with one attached hydrogen (secondary N) is 3. The largest absolute Gasteiger partial charge is 0.487 e. The lowest BCUT2D eigenvalue weighted by molar-refractivity contribution is -0.111. The number of hydrogen-bond donors (Lipinski definition) is 3. The van der Waals surface area contributed by atoms with Gasteiger partial charge in [-0.3, -0.25) is 4.79 Å². The molecule has 0 spiro atoms. The number of halogens is 2. The minimum absolute atomic E-state index is 0.0309. The molecule has 0 fully saturated rings. The Balaban J connectivity index is 1.25. The maximum Gasteiger partial charge on any atom is 0.248 e. The van der Waals surface area contributed by atoms with Crippen LogP contribution in [0.2, 0.25) is 5.02 Å². The molecular formula is C41H52ClFN6O3. The molecular weight excluding hydrogens is 679 g/mol. The van der Waals surface area contributed by atoms with Crippen LogP contribution in [0.3, 0.4) is 0 Å². The van der Waals surface area contributed by atoms with E-state index in [-0.39, 0.29) is 29.2 Å². The molecule has 0 saturated heterocycles. The van der Waals surface area contributed by atoms with Crippen molar-refractivity contribution >= 4 is 46.2 Å². The Kier molecular flexibility index (Phi) is 15.0. The summed E-state index contributed by atoms with van der Waals surface area (Å²) < 4.78 is 25.5. The second-order valence-electron chi connectivity index (χ2n) is 13.9. The van der Waals surface area contributed by atoms with Crippen LogP contribution in [0.1, 0.15) is 59.4 Å². The number of benzene rings is 3. The number of amides is 1. The number of ether oxygens (including phenoxy) is 2. The van der Waals surface area contributed by atoms with Gasteiger partial charge in [-0.15, -0.1) is 0 Å². The number of aromatic nitrogens is 2. The summed E-state index contributed by atoms with van der Waals surface area (Å²) in [5, 5.41) is 9.83. The molecule has 11 heteroatoms. The van der Waals surface area contributed by atoms with Gasteiger partial charge in [0.1, 0.15) is 36.1 Å². The highest BCUT2D eigenvalue weighted by atomic mass is 35.5. The Morgan fingerprint density at radius 3 is 2.19 bits per heavy atom. The maximum absolute atomic E-state index is 13.5. The van der Waals surface area contributed by atoms with E-state index in [1.54, 1.807) is 36.4 Å². The first-order chi connectivity index (χ1) is 24.9. The average Bonchev–Trinajstić information content (AvgIpc) is 3.11. The fraction of sp³-hybridized carbons (Fsp3) is 0.390. The third kappa shape index (κ3) is 12.9. The second kappa shape index (κ2) is 19.4. The van der Waals surface area contributed by atoms with Crippen LogP contribution in [-0.4, -0.2) is 54.1 Å². The number of hydrogen-bond acceptors (Lipinski definition) is 8. The smallest absolute Gasteiger partial charge is 0.248 e. The summed E-state index contributed by atoms with van der Waals surface area (Å²) in [6, 6.07) is 20.7. The number of anilines is 5. The topological polar surface area (TPSA) is 101 Å². The van der Waals surface area contributed by atoms with E-state index < -0.39 is 0 Å². The molecule has 0 aliphatic carbocycles. The molecule has 4 rings (SSSR count). The molecule has 3 N–H and O–H groups in total. The van der Waals surface area contributed by atoms with Gasteiger partial charge >= 0.3 is 0 Å². The standard InChI is InChI=1S/C41H52ClFN6O3/c1-7-40(4,8-2)27-51-28-41(5,9-3)26-49(6)20-12-17-39(50)48-33-16-11-15-32(22-33)46-37-24-38(45-29-44-37)47-34-18-19-36(35(42)23-34)52-25-30-13-10-14-31(43)21-30/h10-19,21-24,29H,7-9,20,25-28H2,1-6H3,(H,48,50)(H2,44,45,46,47). The fourth-order valence-electron chi connectivity index (χ4n) is 5.45. The van der Waals surface area contributed by atoms with E-state index >= 15 is 0 Å². The van der Waals surface area contributed by atoms with E-state index in [0.717, 1.165) is 38.1 Å². The number of nitrogens with zero attached hydrogens (tertiary/aromatic N) is 3. The van der Waals surface area contributed by atoms with E-state index in [2.05, 4.69) is 72.5 Å². The van der Waals surface area contributed by atoms with Crippen LogP contribution in [0.15, 0.2) is 91.3 Å². The van der Waals surface area contributed by atoms with E-state index in [9.17, 15) is 9.18 Å². The molecule has 0 aliphatic heterocycles. The van der Waals surface area contributed by atoms with Gasteiger partial charge in [-0.05, 0) is 85.8 Å². The van der Waals surface area contributed by atoms with Crippen molar-refractivity contribution in [2.24, 2.45) is 10.8 Å². The molecule has 9 nitrogen and oxygen atoms in total. The Morgan fingerprint density at radius 1 is 0.865 bits per heavy atom. The third-order valence-electron chi connectivity index (χ3n) is 9.36. The number of rotatable bonds is 20. The van der Waals surface area contributed by atoms with Crippen LogP contribution in [0.5, 0.6) is 5.75 Å². The first-order valence-electron chi connectivity index (χ1n) is 17.8. The van der Waals surface area contributed by atoms with Crippen molar-refractivity contribution < 1.29 is 18.7 Å². The van der Waals surface area contributed by atoms with Crippen molar-refractivity contribution in [1.29, 1.82) is 0 Å². The molecule has 1 unspecified atom stereocenters. The van der Waals surface area contributed by atoms with Gasteiger partial charge in [-0.25, -0.2) is 14.4 Å². The fourth-order valence-corrected chi connectivity index (χ4v) is 5.68. The highest BCUT2D eigenvalue weighted by molar-refractivity contribution is 6.32. The Bertz CT molecular complexity index is 1790. The molecule has 1 aromatic heterocycles. The minimum Gasteiger partial charge on any atom is -0.487 e. The zero-order chi connectivity index (χ0) is 37.6. The predicted octanol–water partition coefficient (Wildman–Crippen LogP) is 10.0. The van der Waals surface area contributed by atoms with E-state index in [4.69, 9.17) is 21.1 Å². The number of likely N-dealkylation sites (N-methyl/N-ethyl adjacent to an activating group) is 1. The van der Waals surface area contributed by atoms with Gasteiger partial charge in [0.15, 0.2) is 0 Å². The van der Waals surface area contributed by atoms with Gasteiger partial charge in [-0.2, -0.15) is 0 Å². The average molecular weight is 731 g/mol. The van der Waals surface area contributed by atoms with E-state index in [1.165, 1.54) is 18.5 Å². The van der Waals surface area contributed by atoms with Crippen LogP contribution in [0.4, 0.5) is 33.1 Å². The molecule has 4 aromatic rings. The quantitative estimate of drug-likeness (QED) is 0.0773. The summed E-state index contributed by atoms with van der Waals surface area (Å²) in [5.74, 6) is 1.06. The van der Waals surface area contributed by atoms with Crippen LogP contribution >= 0.6 is 11.6 Å². The molecule has 278 valence electrons. The Hall–Kier alpha value is -4.51. The molecule has 0 saturated carbocycles. The number of carbonyl (C=O) groups excluding carboxylic acids is 1. The van der Waals surface area contributed by atoms with Gasteiger partial charge in [0.05, 0.1) is 18.2 Å². The first-order valence-corrected chi connectivity index (χ1v) is 18.2. The normalized spacial score (nSPS) is 12.9. The minimum atomic E-state index is -0.318. The van der Waals surface area contributed by atoms with Crippen LogP contribution in [0, 0.1) is 16.6 Å². The van der Waals surface area contributed by atoms with Gasteiger partial charge < -0.3 is 30.3 Å². The van der Waals surface area contributed by atoms with Crippen molar-refractivity contribution in [3.8, 4) is 5.75 Å². The first kappa shape index (κ1) is 40.3. The van der Waals surface area contributed by atoms with Crippen molar-refractivity contribution in [3.63, 3.8) is 0 Å². The van der Waals surface area contributed by atoms with Crippen molar-refractivity contribution in [2.75, 3.05) is 49.3 Å². The highest BCUT2D eigenvalue weighted by Crippen LogP contribution is 2.31. The zero-order valence-electron chi connectivity index (χ0n) is 31.1. The molecule has 1 heterocycles. The van der Waals surface area contributed by atoms with Crippen LogP contribution < -0.4 is 20.7 Å². The van der Waals surface area contributed by atoms with E-state index in [0.29, 0.717) is 52.5 Å². The molecule has 0 bridgehead atoms. The molecule has 0 radical (unpaired) electrons. The van der Waals surface area contributed by atoms with E-state index in [1.807, 2.05) is 36.4 Å². The summed E-state index contributed by atoms with van der Waals surface area (Å²) >= 11 is 6.46. The third-order valence-corrected chi connectivity index (χ3v) is 9.65. The summed E-state index contributed by atoms with van der Waals surface area (Å²) in [4.78, 5) is 23.6. The van der Waals surface area contributed by atoms with Crippen LogP contribution in [-0.2, 0) is 16.1 Å². The molecule has 0 aliphatic rings. The van der Waals surface area contributed by atoms with Crippen molar-refractivity contribution in [2.45, 2.75) is 60.5 Å². The summed E-state index contributed by atoms with van der Waals surface area (Å²) in [6.45, 7) is 14.4. The molecule has 1 atom stereocenters. The lowest BCUT2D eigenvalue weighted by Crippen LogP contribution is -2.37. The zero-order valence-corrected chi connectivity index (χ0v) is 31.9. The van der Waals surface area contributed by atoms with Gasteiger partial charge in [0, 0.05) is 47.7 Å². The lowest BCUT2D eigenvalue weighted by Gasteiger charge is -2.34. The Labute approximate surface area is 313 Å². The number of carbonyl (C=O) groups is 1. The second-order valence-corrected chi connectivity index (χ2v) is 14.4. The van der Waals surface area contributed by atoms with Gasteiger partial charge in [0.25, 0.3) is 0 Å². The molecule has 52 heavy (non-hydrogen) atoms.